The number of pyridine rings is 2. The highest BCUT2D eigenvalue weighted by Crippen LogP contribution is 2.45. The summed E-state index contributed by atoms with van der Waals surface area (Å²) >= 11 is 0. The molecular weight excluding hydrogens is 329 g/mol. The molecule has 1 N–H and O–H groups in total. The molecule has 0 aliphatic carbocycles. The van der Waals surface area contributed by atoms with E-state index in [1.807, 2.05) is 12.1 Å². The summed E-state index contributed by atoms with van der Waals surface area (Å²) in [6, 6.07) is 13.3. The monoisotopic (exact) mass is 348 g/mol. The fourth-order valence-electron chi connectivity index (χ4n) is 3.51. The smallest absolute Gasteiger partial charge is 0.137 e. The molecule has 0 spiro atoms. The molecule has 1 aliphatic heterocycles. The molecule has 26 heavy (non-hydrogen) atoms. The number of hydrogen-bond donors (Lipinski definition) is 1. The highest BCUT2D eigenvalue weighted by Gasteiger charge is 2.46. The molecule has 0 bridgehead atoms. The predicted molar refractivity (Wildman–Crippen MR) is 96.5 cm³/mol. The van der Waals surface area contributed by atoms with Crippen LogP contribution in [-0.2, 0) is 5.60 Å². The number of rotatable bonds is 5. The molecule has 3 aromatic rings. The first-order chi connectivity index (χ1) is 12.7. The second-order valence-corrected chi connectivity index (χ2v) is 6.45. The van der Waals surface area contributed by atoms with E-state index in [2.05, 4.69) is 21.3 Å². The van der Waals surface area contributed by atoms with Gasteiger partial charge in [0.2, 0.25) is 0 Å². The normalized spacial score (nSPS) is 16.1. The summed E-state index contributed by atoms with van der Waals surface area (Å²) in [6.07, 6.45) is 8.85. The Balaban J connectivity index is 1.91. The van der Waals surface area contributed by atoms with Crippen LogP contribution in [0.15, 0.2) is 73.3 Å². The third-order valence-corrected chi connectivity index (χ3v) is 4.88. The number of likely N-dealkylation sites (tertiary alicyclic amines) is 1. The number of nitrogens with zero attached hydrogens (tertiary/aromatic N) is 3. The summed E-state index contributed by atoms with van der Waals surface area (Å²) in [5.41, 5.74) is 0.826. The number of benzene rings is 1. The molecule has 4 nitrogen and oxygen atoms in total. The van der Waals surface area contributed by atoms with Gasteiger partial charge in [0, 0.05) is 49.0 Å². The van der Waals surface area contributed by atoms with Crippen LogP contribution in [0.25, 0.3) is 0 Å². The quantitative estimate of drug-likeness (QED) is 0.770. The first kappa shape index (κ1) is 16.8. The van der Waals surface area contributed by atoms with E-state index >= 15 is 0 Å². The molecular formula is C21H19FN3O. The van der Waals surface area contributed by atoms with Crippen LogP contribution < -0.4 is 0 Å². The van der Waals surface area contributed by atoms with Crippen molar-refractivity contribution >= 4 is 0 Å². The zero-order chi connectivity index (χ0) is 18.0. The van der Waals surface area contributed by atoms with E-state index in [1.54, 1.807) is 49.1 Å². The maximum atomic E-state index is 13.5. The van der Waals surface area contributed by atoms with Crippen LogP contribution >= 0.6 is 0 Å². The van der Waals surface area contributed by atoms with Gasteiger partial charge in [-0.3, -0.25) is 14.9 Å². The summed E-state index contributed by atoms with van der Waals surface area (Å²) in [7, 11) is 0. The van der Waals surface area contributed by atoms with Gasteiger partial charge in [-0.2, -0.15) is 0 Å². The van der Waals surface area contributed by atoms with E-state index < -0.39 is 5.60 Å². The first-order valence-corrected chi connectivity index (χ1v) is 8.54. The number of halogens is 1. The fraction of sp³-hybridized carbons (Fsp3) is 0.190. The Morgan fingerprint density at radius 1 is 0.923 bits per heavy atom. The zero-order valence-electron chi connectivity index (χ0n) is 14.2. The molecule has 1 radical (unpaired) electrons. The first-order valence-electron chi connectivity index (χ1n) is 8.54. The van der Waals surface area contributed by atoms with E-state index in [-0.39, 0.29) is 11.9 Å². The van der Waals surface area contributed by atoms with Gasteiger partial charge >= 0.3 is 0 Å². The number of aliphatic hydroxyl groups is 1. The van der Waals surface area contributed by atoms with Gasteiger partial charge in [-0.1, -0.05) is 24.3 Å². The molecule has 1 saturated heterocycles. The van der Waals surface area contributed by atoms with E-state index in [9.17, 15) is 9.50 Å². The van der Waals surface area contributed by atoms with Gasteiger partial charge in [0.25, 0.3) is 0 Å². The third-order valence-electron chi connectivity index (χ3n) is 4.88. The van der Waals surface area contributed by atoms with Crippen molar-refractivity contribution in [3.63, 3.8) is 0 Å². The molecule has 0 saturated carbocycles. The van der Waals surface area contributed by atoms with Crippen LogP contribution in [0.5, 0.6) is 0 Å². The lowest BCUT2D eigenvalue weighted by Crippen LogP contribution is -2.51. The molecule has 3 heterocycles. The van der Waals surface area contributed by atoms with Gasteiger partial charge in [-0.05, 0) is 36.2 Å². The largest absolute Gasteiger partial charge is 0.378 e. The van der Waals surface area contributed by atoms with Gasteiger partial charge in [0.1, 0.15) is 11.4 Å². The summed E-state index contributed by atoms with van der Waals surface area (Å²) in [6.45, 7) is 1.51. The topological polar surface area (TPSA) is 49.3 Å². The molecule has 1 fully saturated rings. The van der Waals surface area contributed by atoms with Crippen LogP contribution in [0.4, 0.5) is 4.39 Å². The minimum Gasteiger partial charge on any atom is -0.378 e. The third kappa shape index (κ3) is 2.89. The molecule has 1 aliphatic rings. The Morgan fingerprint density at radius 3 is 1.92 bits per heavy atom. The Kier molecular flexibility index (Phi) is 4.49. The van der Waals surface area contributed by atoms with Crippen LogP contribution in [-0.4, -0.2) is 33.1 Å². The standard InChI is InChI=1S/C21H19FN3O/c22-19-8-6-16(7-9-19)20(25-12-3-13-25)21(26,17-4-1-10-23-14-17)18-5-2-11-24-15-18/h1-11,14-15,20,26H,12-13H2. The second-order valence-electron chi connectivity index (χ2n) is 6.45. The van der Waals surface area contributed by atoms with E-state index in [1.165, 1.54) is 12.1 Å². The van der Waals surface area contributed by atoms with Crippen molar-refractivity contribution in [2.75, 3.05) is 13.1 Å². The van der Waals surface area contributed by atoms with Crippen LogP contribution in [0.2, 0.25) is 0 Å². The molecule has 2 aromatic heterocycles. The van der Waals surface area contributed by atoms with Gasteiger partial charge in [0.15, 0.2) is 0 Å². The molecule has 131 valence electrons. The SMILES string of the molecule is OC(c1cccnc1)(c1cccnc1)C(c1ccc(F)cc1)N1C[CH]C1. The lowest BCUT2D eigenvalue weighted by molar-refractivity contribution is -0.0328. The highest BCUT2D eigenvalue weighted by molar-refractivity contribution is 5.40. The number of aromatic nitrogens is 2. The summed E-state index contributed by atoms with van der Waals surface area (Å²) in [5.74, 6) is -0.297. The lowest BCUT2D eigenvalue weighted by Gasteiger charge is -2.47. The lowest BCUT2D eigenvalue weighted by atomic mass is 9.76. The summed E-state index contributed by atoms with van der Waals surface area (Å²) in [4.78, 5) is 10.6. The number of hydrogen-bond acceptors (Lipinski definition) is 4. The predicted octanol–water partition coefficient (Wildman–Crippen LogP) is 3.11. The zero-order valence-corrected chi connectivity index (χ0v) is 14.2. The molecule has 1 atom stereocenters. The van der Waals surface area contributed by atoms with Crippen molar-refractivity contribution in [3.05, 3.63) is 102 Å². The Morgan fingerprint density at radius 2 is 1.50 bits per heavy atom. The molecule has 0 amide bonds. The van der Waals surface area contributed by atoms with Crippen molar-refractivity contribution in [2.45, 2.75) is 11.6 Å². The second kappa shape index (κ2) is 6.94. The Bertz CT molecular complexity index is 812. The molecule has 1 aromatic carbocycles. The Labute approximate surface area is 152 Å². The minimum absolute atomic E-state index is 0.297. The highest BCUT2D eigenvalue weighted by atomic mass is 19.1. The summed E-state index contributed by atoms with van der Waals surface area (Å²) < 4.78 is 13.5. The minimum atomic E-state index is -1.37. The van der Waals surface area contributed by atoms with E-state index in [0.29, 0.717) is 11.1 Å². The van der Waals surface area contributed by atoms with E-state index in [4.69, 9.17) is 0 Å². The maximum Gasteiger partial charge on any atom is 0.137 e. The van der Waals surface area contributed by atoms with Gasteiger partial charge < -0.3 is 5.11 Å². The molecule has 1 unspecified atom stereocenters. The average molecular weight is 348 g/mol. The average Bonchev–Trinajstić information content (AvgIpc) is 2.66. The molecule has 5 heteroatoms. The maximum absolute atomic E-state index is 13.5. The van der Waals surface area contributed by atoms with Crippen LogP contribution in [0, 0.1) is 12.2 Å². The molecule has 4 rings (SSSR count). The van der Waals surface area contributed by atoms with Crippen molar-refractivity contribution < 1.29 is 9.50 Å². The van der Waals surface area contributed by atoms with Crippen molar-refractivity contribution in [1.29, 1.82) is 0 Å². The van der Waals surface area contributed by atoms with Crippen LogP contribution in [0.3, 0.4) is 0 Å². The van der Waals surface area contributed by atoms with Gasteiger partial charge in [0.05, 0.1) is 6.04 Å². The van der Waals surface area contributed by atoms with Crippen molar-refractivity contribution in [1.82, 2.24) is 14.9 Å². The van der Waals surface area contributed by atoms with Gasteiger partial charge in [-0.15, -0.1) is 0 Å². The van der Waals surface area contributed by atoms with Crippen molar-refractivity contribution in [2.24, 2.45) is 0 Å². The summed E-state index contributed by atoms with van der Waals surface area (Å²) in [5, 5.41) is 12.0. The van der Waals surface area contributed by atoms with Gasteiger partial charge in [-0.25, -0.2) is 4.39 Å². The Hall–Kier alpha value is -2.63. The fourth-order valence-corrected chi connectivity index (χ4v) is 3.51. The van der Waals surface area contributed by atoms with Crippen LogP contribution in [0.1, 0.15) is 22.7 Å². The van der Waals surface area contributed by atoms with Crippen molar-refractivity contribution in [3.8, 4) is 0 Å². The van der Waals surface area contributed by atoms with E-state index in [0.717, 1.165) is 18.7 Å².